The number of carbonyl (C=O) groups excluding carboxylic acids is 2. The number of H-pyrrole nitrogens is 1. The molecule has 8 heteroatoms. The molecule has 3 heterocycles. The molecule has 33 heavy (non-hydrogen) atoms. The highest BCUT2D eigenvalue weighted by atomic mass is 32.2. The molecule has 2 aromatic carbocycles. The Bertz CT molecular complexity index is 1110. The summed E-state index contributed by atoms with van der Waals surface area (Å²) in [5, 5.41) is 0.840. The number of hydrogen-bond acceptors (Lipinski definition) is 5. The molecule has 1 atom stereocenters. The van der Waals surface area contributed by atoms with E-state index in [1.807, 2.05) is 58.3 Å². The van der Waals surface area contributed by atoms with E-state index in [4.69, 9.17) is 4.74 Å². The maximum absolute atomic E-state index is 13.5. The molecule has 2 saturated heterocycles. The number of hydrogen-bond donors (Lipinski definition) is 1. The summed E-state index contributed by atoms with van der Waals surface area (Å²) in [6.45, 7) is 3.65. The Balaban J connectivity index is 1.26. The largest absolute Gasteiger partial charge is 0.378 e. The summed E-state index contributed by atoms with van der Waals surface area (Å²) in [7, 11) is 0. The van der Waals surface area contributed by atoms with E-state index < -0.39 is 0 Å². The average Bonchev–Trinajstić information content (AvgIpc) is 3.30. The zero-order chi connectivity index (χ0) is 22.6. The molecule has 172 valence electrons. The van der Waals surface area contributed by atoms with E-state index >= 15 is 0 Å². The molecule has 2 aliphatic rings. The summed E-state index contributed by atoms with van der Waals surface area (Å²) in [5.41, 5.74) is 3.64. The summed E-state index contributed by atoms with van der Waals surface area (Å²) < 4.78 is 5.37. The summed E-state index contributed by atoms with van der Waals surface area (Å²) in [6, 6.07) is 15.7. The van der Waals surface area contributed by atoms with E-state index in [2.05, 4.69) is 9.97 Å². The minimum Gasteiger partial charge on any atom is -0.378 e. The Morgan fingerprint density at radius 2 is 1.82 bits per heavy atom. The van der Waals surface area contributed by atoms with E-state index in [0.717, 1.165) is 34.6 Å². The highest BCUT2D eigenvalue weighted by Gasteiger charge is 2.32. The van der Waals surface area contributed by atoms with Crippen molar-refractivity contribution >= 4 is 34.6 Å². The van der Waals surface area contributed by atoms with Crippen molar-refractivity contribution in [3.05, 3.63) is 59.7 Å². The number of aromatic amines is 1. The molecule has 7 nitrogen and oxygen atoms in total. The molecule has 2 amide bonds. The van der Waals surface area contributed by atoms with Crippen LogP contribution in [0.25, 0.3) is 11.0 Å². The van der Waals surface area contributed by atoms with Gasteiger partial charge in [0.2, 0.25) is 5.91 Å². The van der Waals surface area contributed by atoms with Gasteiger partial charge in [0.25, 0.3) is 5.91 Å². The topological polar surface area (TPSA) is 78.5 Å². The average molecular weight is 465 g/mol. The van der Waals surface area contributed by atoms with Crippen LogP contribution >= 0.6 is 11.8 Å². The number of morpholine rings is 1. The van der Waals surface area contributed by atoms with Crippen molar-refractivity contribution in [2.24, 2.45) is 5.92 Å². The number of benzene rings is 2. The molecule has 2 fully saturated rings. The van der Waals surface area contributed by atoms with Gasteiger partial charge in [-0.25, -0.2) is 4.98 Å². The van der Waals surface area contributed by atoms with Gasteiger partial charge in [0.15, 0.2) is 5.16 Å². The number of para-hydroxylation sites is 2. The number of nitrogens with zero attached hydrogens (tertiary/aromatic N) is 3. The molecule has 0 spiro atoms. The van der Waals surface area contributed by atoms with Crippen molar-refractivity contribution in [1.82, 2.24) is 19.8 Å². The third kappa shape index (κ3) is 4.91. The van der Waals surface area contributed by atoms with Crippen LogP contribution in [-0.4, -0.2) is 71.0 Å². The van der Waals surface area contributed by atoms with Crippen LogP contribution in [0.15, 0.2) is 53.7 Å². The molecule has 0 bridgehead atoms. The number of aromatic nitrogens is 2. The van der Waals surface area contributed by atoms with Crippen molar-refractivity contribution in [2.45, 2.75) is 23.8 Å². The van der Waals surface area contributed by atoms with E-state index in [1.54, 1.807) is 11.8 Å². The fourth-order valence-corrected chi connectivity index (χ4v) is 5.46. The Hall–Kier alpha value is -2.84. The Labute approximate surface area is 197 Å². The molecule has 0 saturated carbocycles. The lowest BCUT2D eigenvalue weighted by molar-refractivity contribution is -0.141. The van der Waals surface area contributed by atoms with Crippen molar-refractivity contribution in [1.29, 1.82) is 0 Å². The number of ether oxygens (including phenoxy) is 1. The lowest BCUT2D eigenvalue weighted by Crippen LogP contribution is -2.49. The van der Waals surface area contributed by atoms with Crippen molar-refractivity contribution in [2.75, 3.05) is 39.4 Å². The predicted molar refractivity (Wildman–Crippen MR) is 128 cm³/mol. The van der Waals surface area contributed by atoms with E-state index in [1.165, 1.54) is 0 Å². The molecule has 1 N–H and O–H groups in total. The van der Waals surface area contributed by atoms with Crippen LogP contribution in [0.2, 0.25) is 0 Å². The van der Waals surface area contributed by atoms with E-state index in [0.29, 0.717) is 50.7 Å². The lowest BCUT2D eigenvalue weighted by atomic mass is 9.95. The van der Waals surface area contributed by atoms with Crippen molar-refractivity contribution in [3.63, 3.8) is 0 Å². The number of carbonyl (C=O) groups is 2. The van der Waals surface area contributed by atoms with Crippen LogP contribution in [0.3, 0.4) is 0 Å². The second-order valence-corrected chi connectivity index (χ2v) is 9.50. The fourth-order valence-electron chi connectivity index (χ4n) is 4.57. The Morgan fingerprint density at radius 3 is 2.67 bits per heavy atom. The molecule has 0 aliphatic carbocycles. The Kier molecular flexibility index (Phi) is 6.64. The summed E-state index contributed by atoms with van der Waals surface area (Å²) in [6.07, 6.45) is 1.69. The third-order valence-electron chi connectivity index (χ3n) is 6.36. The molecule has 0 radical (unpaired) electrons. The highest BCUT2D eigenvalue weighted by Crippen LogP contribution is 2.27. The molecule has 2 aliphatic heterocycles. The maximum atomic E-state index is 13.5. The standard InChI is InChI=1S/C25H28N4O3S/c30-23(28-12-14-32-15-13-28)18-7-5-11-29(16-18)24(31)20-8-2-1-6-19(20)17-33-25-26-21-9-3-4-10-22(21)27-25/h1-4,6,8-10,18H,5,7,11-17H2,(H,26,27). The van der Waals surface area contributed by atoms with Gasteiger partial charge < -0.3 is 19.5 Å². The molecule has 1 unspecified atom stereocenters. The monoisotopic (exact) mass is 464 g/mol. The molecule has 1 aromatic heterocycles. The van der Waals surface area contributed by atoms with Gasteiger partial charge in [-0.2, -0.15) is 0 Å². The van der Waals surface area contributed by atoms with Crippen molar-refractivity contribution < 1.29 is 14.3 Å². The zero-order valence-corrected chi connectivity index (χ0v) is 19.4. The minimum absolute atomic E-state index is 0.00952. The Morgan fingerprint density at radius 1 is 1.03 bits per heavy atom. The smallest absolute Gasteiger partial charge is 0.254 e. The first-order valence-electron chi connectivity index (χ1n) is 11.5. The van der Waals surface area contributed by atoms with Gasteiger partial charge >= 0.3 is 0 Å². The van der Waals surface area contributed by atoms with Gasteiger partial charge in [0.1, 0.15) is 0 Å². The quantitative estimate of drug-likeness (QED) is 0.584. The maximum Gasteiger partial charge on any atom is 0.254 e. The molecular weight excluding hydrogens is 436 g/mol. The first-order valence-corrected chi connectivity index (χ1v) is 12.5. The zero-order valence-electron chi connectivity index (χ0n) is 18.5. The van der Waals surface area contributed by atoms with Crippen molar-refractivity contribution in [3.8, 4) is 0 Å². The van der Waals surface area contributed by atoms with Gasteiger partial charge in [-0.1, -0.05) is 42.1 Å². The summed E-state index contributed by atoms with van der Waals surface area (Å²) in [5.74, 6) is 0.684. The number of likely N-dealkylation sites (tertiary alicyclic amines) is 1. The third-order valence-corrected chi connectivity index (χ3v) is 7.28. The summed E-state index contributed by atoms with van der Waals surface area (Å²) in [4.78, 5) is 38.1. The highest BCUT2D eigenvalue weighted by molar-refractivity contribution is 7.98. The minimum atomic E-state index is -0.127. The predicted octanol–water partition coefficient (Wildman–Crippen LogP) is 3.57. The fraction of sp³-hybridized carbons (Fsp3) is 0.400. The number of amides is 2. The van der Waals surface area contributed by atoms with Crippen LogP contribution in [0, 0.1) is 5.92 Å². The van der Waals surface area contributed by atoms with Gasteiger partial charge in [0, 0.05) is 37.5 Å². The van der Waals surface area contributed by atoms with E-state index in [9.17, 15) is 9.59 Å². The second-order valence-electron chi connectivity index (χ2n) is 8.53. The number of piperidine rings is 1. The van der Waals surface area contributed by atoms with E-state index in [-0.39, 0.29) is 17.7 Å². The van der Waals surface area contributed by atoms with Crippen LogP contribution < -0.4 is 0 Å². The second kappa shape index (κ2) is 9.97. The SMILES string of the molecule is O=C(c1ccccc1CSc1nc2ccccc2[nH]1)N1CCCC(C(=O)N2CCOCC2)C1. The van der Waals surface area contributed by atoms with Crippen LogP contribution in [0.5, 0.6) is 0 Å². The number of fused-ring (bicyclic) bond motifs is 1. The molecular formula is C25H28N4O3S. The number of rotatable bonds is 5. The first-order chi connectivity index (χ1) is 16.2. The van der Waals surface area contributed by atoms with Crippen LogP contribution in [0.1, 0.15) is 28.8 Å². The lowest BCUT2D eigenvalue weighted by Gasteiger charge is -2.36. The number of thioether (sulfide) groups is 1. The summed E-state index contributed by atoms with van der Waals surface area (Å²) >= 11 is 1.59. The van der Waals surface area contributed by atoms with Gasteiger partial charge in [-0.3, -0.25) is 9.59 Å². The molecule has 3 aromatic rings. The van der Waals surface area contributed by atoms with Gasteiger partial charge in [-0.05, 0) is 36.6 Å². The first kappa shape index (κ1) is 22.0. The van der Waals surface area contributed by atoms with Crippen LogP contribution in [0.4, 0.5) is 0 Å². The molecule has 5 rings (SSSR count). The number of nitrogens with one attached hydrogen (secondary N) is 1. The van der Waals surface area contributed by atoms with Gasteiger partial charge in [-0.15, -0.1) is 0 Å². The van der Waals surface area contributed by atoms with Gasteiger partial charge in [0.05, 0.1) is 30.2 Å². The number of imidazole rings is 1. The normalized spacial score (nSPS) is 19.1. The van der Waals surface area contributed by atoms with Crippen LogP contribution in [-0.2, 0) is 15.3 Å².